The molecule has 2 rings (SSSR count). The molecule has 0 aliphatic heterocycles. The van der Waals surface area contributed by atoms with Crippen molar-refractivity contribution in [2.75, 3.05) is 26.1 Å². The van der Waals surface area contributed by atoms with Gasteiger partial charge in [-0.05, 0) is 24.6 Å². The normalized spacial score (nSPS) is 10.7. The van der Waals surface area contributed by atoms with Crippen LogP contribution in [0.5, 0.6) is 11.5 Å². The number of ether oxygens (including phenoxy) is 2. The predicted molar refractivity (Wildman–Crippen MR) is 112 cm³/mol. The zero-order chi connectivity index (χ0) is 19.1. The van der Waals surface area contributed by atoms with Gasteiger partial charge in [0.25, 0.3) is 5.91 Å². The van der Waals surface area contributed by atoms with Crippen LogP contribution in [0.2, 0.25) is 0 Å². The van der Waals surface area contributed by atoms with E-state index in [2.05, 4.69) is 15.6 Å². The van der Waals surface area contributed by atoms with Gasteiger partial charge >= 0.3 is 0 Å². The van der Waals surface area contributed by atoms with E-state index in [9.17, 15) is 9.59 Å². The standard InChI is InChI=1S/C18H22N4O4.2ClH/c1-11-4-5-12(22-17(23)14(19)10-25-3)8-16(11)26-13-6-7-21-15(9-13)18(24)20-2;;/h4-9,14H,10,19H2,1-3H3,(H,20,24)(H,22,23);2*1H. The molecule has 0 aliphatic carbocycles. The summed E-state index contributed by atoms with van der Waals surface area (Å²) in [6.07, 6.45) is 1.49. The Morgan fingerprint density at radius 3 is 2.57 bits per heavy atom. The molecule has 0 fully saturated rings. The third kappa shape index (κ3) is 6.97. The van der Waals surface area contributed by atoms with Gasteiger partial charge in [0.1, 0.15) is 23.2 Å². The zero-order valence-corrected chi connectivity index (χ0v) is 17.4. The van der Waals surface area contributed by atoms with Crippen LogP contribution in [0.4, 0.5) is 5.69 Å². The molecule has 0 radical (unpaired) electrons. The lowest BCUT2D eigenvalue weighted by Crippen LogP contribution is -2.39. The molecule has 2 amide bonds. The minimum Gasteiger partial charge on any atom is -0.457 e. The van der Waals surface area contributed by atoms with Crippen LogP contribution in [0.15, 0.2) is 36.5 Å². The number of halogens is 2. The van der Waals surface area contributed by atoms with Crippen LogP contribution < -0.4 is 21.1 Å². The highest BCUT2D eigenvalue weighted by atomic mass is 35.5. The van der Waals surface area contributed by atoms with E-state index >= 15 is 0 Å². The number of hydrogen-bond donors (Lipinski definition) is 3. The molecule has 4 N–H and O–H groups in total. The maximum absolute atomic E-state index is 12.0. The number of amides is 2. The monoisotopic (exact) mass is 430 g/mol. The first kappa shape index (κ1) is 25.6. The van der Waals surface area contributed by atoms with E-state index in [1.165, 1.54) is 26.4 Å². The number of anilines is 1. The highest BCUT2D eigenvalue weighted by Gasteiger charge is 2.14. The smallest absolute Gasteiger partial charge is 0.269 e. The van der Waals surface area contributed by atoms with Gasteiger partial charge in [-0.25, -0.2) is 0 Å². The number of aromatic nitrogens is 1. The highest BCUT2D eigenvalue weighted by molar-refractivity contribution is 5.95. The van der Waals surface area contributed by atoms with E-state index in [4.69, 9.17) is 15.2 Å². The lowest BCUT2D eigenvalue weighted by Gasteiger charge is -2.14. The third-order valence-electron chi connectivity index (χ3n) is 3.56. The van der Waals surface area contributed by atoms with Gasteiger partial charge < -0.3 is 25.8 Å². The van der Waals surface area contributed by atoms with Crippen molar-refractivity contribution >= 4 is 42.3 Å². The van der Waals surface area contributed by atoms with E-state index in [1.807, 2.05) is 13.0 Å². The van der Waals surface area contributed by atoms with Crippen molar-refractivity contribution in [3.05, 3.63) is 47.8 Å². The number of methoxy groups -OCH3 is 1. The molecular weight excluding hydrogens is 407 g/mol. The molecule has 0 spiro atoms. The molecule has 1 unspecified atom stereocenters. The summed E-state index contributed by atoms with van der Waals surface area (Å²) >= 11 is 0. The minimum atomic E-state index is -0.763. The van der Waals surface area contributed by atoms with Gasteiger partial charge in [-0.3, -0.25) is 14.6 Å². The Kier molecular flexibility index (Phi) is 11.1. The molecule has 28 heavy (non-hydrogen) atoms. The Labute approximate surface area is 176 Å². The quantitative estimate of drug-likeness (QED) is 0.620. The molecule has 2 aromatic rings. The summed E-state index contributed by atoms with van der Waals surface area (Å²) in [5.41, 5.74) is 7.37. The summed E-state index contributed by atoms with van der Waals surface area (Å²) in [5, 5.41) is 5.23. The number of carbonyl (C=O) groups excluding carboxylic acids is 2. The van der Waals surface area contributed by atoms with Crippen LogP contribution in [0.1, 0.15) is 16.1 Å². The number of rotatable bonds is 7. The number of benzene rings is 1. The average Bonchev–Trinajstić information content (AvgIpc) is 2.64. The van der Waals surface area contributed by atoms with E-state index < -0.39 is 6.04 Å². The van der Waals surface area contributed by atoms with E-state index in [0.717, 1.165) is 5.56 Å². The fourth-order valence-corrected chi connectivity index (χ4v) is 2.13. The van der Waals surface area contributed by atoms with E-state index in [-0.39, 0.29) is 48.9 Å². The average molecular weight is 431 g/mol. The summed E-state index contributed by atoms with van der Waals surface area (Å²) in [6, 6.07) is 7.67. The largest absolute Gasteiger partial charge is 0.457 e. The molecule has 1 atom stereocenters. The molecule has 1 heterocycles. The highest BCUT2D eigenvalue weighted by Crippen LogP contribution is 2.28. The number of hydrogen-bond acceptors (Lipinski definition) is 6. The zero-order valence-electron chi connectivity index (χ0n) is 15.7. The molecule has 154 valence electrons. The first-order chi connectivity index (χ1) is 12.4. The summed E-state index contributed by atoms with van der Waals surface area (Å²) in [7, 11) is 3.01. The number of aryl methyl sites for hydroxylation is 1. The lowest BCUT2D eigenvalue weighted by atomic mass is 10.2. The summed E-state index contributed by atoms with van der Waals surface area (Å²) in [6.45, 7) is 2.00. The van der Waals surface area contributed by atoms with Crippen molar-refractivity contribution in [2.45, 2.75) is 13.0 Å². The van der Waals surface area contributed by atoms with Gasteiger partial charge in [-0.15, -0.1) is 24.8 Å². The molecule has 10 heteroatoms. The molecule has 0 aliphatic rings. The molecule has 0 saturated carbocycles. The van der Waals surface area contributed by atoms with Crippen LogP contribution in [0, 0.1) is 6.92 Å². The Morgan fingerprint density at radius 2 is 1.93 bits per heavy atom. The van der Waals surface area contributed by atoms with Gasteiger partial charge in [0.2, 0.25) is 5.91 Å². The number of nitrogens with one attached hydrogen (secondary N) is 2. The van der Waals surface area contributed by atoms with Crippen LogP contribution in [-0.4, -0.2) is 43.6 Å². The number of carbonyl (C=O) groups is 2. The molecule has 0 saturated heterocycles. The molecular formula is C18H24Cl2N4O4. The molecule has 0 bridgehead atoms. The van der Waals surface area contributed by atoms with Crippen LogP contribution >= 0.6 is 24.8 Å². The second-order valence-corrected chi connectivity index (χ2v) is 5.59. The SMILES string of the molecule is CNC(=O)c1cc(Oc2cc(NC(=O)C(N)COC)ccc2C)ccn1.Cl.Cl. The fraction of sp³-hybridized carbons (Fsp3) is 0.278. The van der Waals surface area contributed by atoms with Crippen molar-refractivity contribution < 1.29 is 19.1 Å². The predicted octanol–water partition coefficient (Wildman–Crippen LogP) is 2.30. The van der Waals surface area contributed by atoms with Gasteiger partial charge in [0.05, 0.1) is 6.61 Å². The van der Waals surface area contributed by atoms with Crippen molar-refractivity contribution in [1.82, 2.24) is 10.3 Å². The Morgan fingerprint density at radius 1 is 1.21 bits per heavy atom. The Hall–Kier alpha value is -2.39. The summed E-state index contributed by atoms with van der Waals surface area (Å²) in [4.78, 5) is 27.7. The van der Waals surface area contributed by atoms with Crippen molar-refractivity contribution in [3.63, 3.8) is 0 Å². The van der Waals surface area contributed by atoms with Crippen molar-refractivity contribution in [3.8, 4) is 11.5 Å². The van der Waals surface area contributed by atoms with Crippen LogP contribution in [0.25, 0.3) is 0 Å². The van der Waals surface area contributed by atoms with Gasteiger partial charge in [-0.1, -0.05) is 6.07 Å². The van der Waals surface area contributed by atoms with Crippen LogP contribution in [-0.2, 0) is 9.53 Å². The maximum Gasteiger partial charge on any atom is 0.269 e. The lowest BCUT2D eigenvalue weighted by molar-refractivity contribution is -0.118. The second kappa shape index (κ2) is 12.1. The number of pyridine rings is 1. The Bertz CT molecular complexity index is 805. The van der Waals surface area contributed by atoms with Crippen molar-refractivity contribution in [2.24, 2.45) is 5.73 Å². The second-order valence-electron chi connectivity index (χ2n) is 5.59. The molecule has 8 nitrogen and oxygen atoms in total. The number of nitrogens with zero attached hydrogens (tertiary/aromatic N) is 1. The van der Waals surface area contributed by atoms with Gasteiger partial charge in [-0.2, -0.15) is 0 Å². The van der Waals surface area contributed by atoms with Gasteiger partial charge in [0.15, 0.2) is 0 Å². The first-order valence-electron chi connectivity index (χ1n) is 7.96. The minimum absolute atomic E-state index is 0. The molecule has 1 aromatic carbocycles. The van der Waals surface area contributed by atoms with Crippen LogP contribution in [0.3, 0.4) is 0 Å². The van der Waals surface area contributed by atoms with Gasteiger partial charge in [0, 0.05) is 38.2 Å². The topological polar surface area (TPSA) is 116 Å². The summed E-state index contributed by atoms with van der Waals surface area (Å²) < 4.78 is 10.7. The Balaban J connectivity index is 0.00000364. The summed E-state index contributed by atoms with van der Waals surface area (Å²) in [5.74, 6) is 0.339. The van der Waals surface area contributed by atoms with Crippen molar-refractivity contribution in [1.29, 1.82) is 0 Å². The third-order valence-corrected chi connectivity index (χ3v) is 3.56. The van der Waals surface area contributed by atoms with E-state index in [0.29, 0.717) is 17.2 Å². The first-order valence-corrected chi connectivity index (χ1v) is 7.96. The maximum atomic E-state index is 12.0. The van der Waals surface area contributed by atoms with E-state index in [1.54, 1.807) is 18.2 Å². The fourth-order valence-electron chi connectivity index (χ4n) is 2.13. The molecule has 1 aromatic heterocycles. The number of nitrogens with two attached hydrogens (primary N) is 1.